The number of hydrogen-bond donors (Lipinski definition) is 0. The van der Waals surface area contributed by atoms with Gasteiger partial charge in [-0.15, -0.1) is 0 Å². The monoisotopic (exact) mass is 376 g/mol. The molecule has 0 spiro atoms. The fraction of sp³-hybridized carbons (Fsp3) is 0.700. The van der Waals surface area contributed by atoms with Gasteiger partial charge in [0.05, 0.1) is 4.90 Å². The first-order chi connectivity index (χ1) is 11.5. The Morgan fingerprint density at radius 3 is 1.76 bits per heavy atom. The van der Waals surface area contributed by atoms with E-state index in [4.69, 9.17) is 0 Å². The Kier molecular flexibility index (Phi) is 14.3. The van der Waals surface area contributed by atoms with Crippen LogP contribution in [0.5, 0.6) is 0 Å². The van der Waals surface area contributed by atoms with E-state index >= 15 is 0 Å². The molecule has 0 saturated carbocycles. The van der Waals surface area contributed by atoms with Crippen LogP contribution in [0.4, 0.5) is 0 Å². The van der Waals surface area contributed by atoms with Crippen molar-refractivity contribution in [2.75, 3.05) is 0 Å². The van der Waals surface area contributed by atoms with E-state index in [0.717, 1.165) is 18.4 Å². The summed E-state index contributed by atoms with van der Waals surface area (Å²) in [6.07, 6.45) is 14.1. The molecule has 1 aromatic rings. The largest absolute Gasteiger partial charge is 1.00 e. The van der Waals surface area contributed by atoms with Gasteiger partial charge in [-0.1, -0.05) is 83.8 Å². The van der Waals surface area contributed by atoms with Crippen molar-refractivity contribution in [3.8, 4) is 0 Å². The predicted octanol–water partition coefficient (Wildman–Crippen LogP) is 3.01. The second-order valence-corrected chi connectivity index (χ2v) is 8.13. The third kappa shape index (κ3) is 10.8. The number of rotatable bonds is 13. The molecule has 0 heterocycles. The smallest absolute Gasteiger partial charge is 0.744 e. The van der Waals surface area contributed by atoms with E-state index in [2.05, 4.69) is 13.8 Å². The summed E-state index contributed by atoms with van der Waals surface area (Å²) in [4.78, 5) is -0.135. The van der Waals surface area contributed by atoms with Crippen LogP contribution in [0.2, 0.25) is 0 Å². The van der Waals surface area contributed by atoms with Crippen molar-refractivity contribution >= 4 is 10.1 Å². The SMILES string of the molecule is CCCCCCCCCCCC(CC)c1ccc(S(=O)(=O)[O-])cc1.[Na+]. The fourth-order valence-corrected chi connectivity index (χ4v) is 3.68. The maximum absolute atomic E-state index is 11.0. The van der Waals surface area contributed by atoms with Gasteiger partial charge in [0, 0.05) is 0 Å². The Balaban J connectivity index is 0.00000576. The topological polar surface area (TPSA) is 57.2 Å². The van der Waals surface area contributed by atoms with Gasteiger partial charge >= 0.3 is 29.6 Å². The Morgan fingerprint density at radius 1 is 0.840 bits per heavy atom. The Morgan fingerprint density at radius 2 is 1.32 bits per heavy atom. The molecule has 0 aromatic heterocycles. The molecule has 0 radical (unpaired) electrons. The standard InChI is InChI=1S/C20H34O3S.Na/c1-3-5-6-7-8-9-10-11-12-13-18(4-2)19-14-16-20(17-15-19)24(21,22)23;/h14-18H,3-13H2,1-2H3,(H,21,22,23);/q;+1/p-1. The summed E-state index contributed by atoms with van der Waals surface area (Å²) < 4.78 is 33.0. The van der Waals surface area contributed by atoms with Crippen LogP contribution in [0.25, 0.3) is 0 Å². The molecule has 1 aromatic carbocycles. The van der Waals surface area contributed by atoms with E-state index in [-0.39, 0.29) is 34.5 Å². The zero-order valence-electron chi connectivity index (χ0n) is 16.3. The van der Waals surface area contributed by atoms with E-state index in [9.17, 15) is 13.0 Å². The zero-order valence-corrected chi connectivity index (χ0v) is 19.1. The Hall–Kier alpha value is 0.130. The summed E-state index contributed by atoms with van der Waals surface area (Å²) in [7, 11) is -4.34. The maximum Gasteiger partial charge on any atom is 1.00 e. The molecule has 0 aliphatic rings. The molecular formula is C20H33NaO3S. The van der Waals surface area contributed by atoms with E-state index in [1.165, 1.54) is 69.9 Å². The molecular weight excluding hydrogens is 343 g/mol. The van der Waals surface area contributed by atoms with Crippen molar-refractivity contribution in [3.05, 3.63) is 29.8 Å². The summed E-state index contributed by atoms with van der Waals surface area (Å²) >= 11 is 0. The first kappa shape index (κ1) is 25.1. The second-order valence-electron chi connectivity index (χ2n) is 6.75. The van der Waals surface area contributed by atoms with Crippen LogP contribution in [-0.4, -0.2) is 13.0 Å². The first-order valence-corrected chi connectivity index (χ1v) is 11.0. The molecule has 3 nitrogen and oxygen atoms in total. The van der Waals surface area contributed by atoms with E-state index < -0.39 is 10.1 Å². The second kappa shape index (κ2) is 14.2. The summed E-state index contributed by atoms with van der Waals surface area (Å²) in [5.41, 5.74) is 1.14. The third-order valence-electron chi connectivity index (χ3n) is 4.79. The summed E-state index contributed by atoms with van der Waals surface area (Å²) in [5.74, 6) is 0.456. The molecule has 138 valence electrons. The minimum absolute atomic E-state index is 0. The average molecular weight is 377 g/mol. The molecule has 0 amide bonds. The van der Waals surface area contributed by atoms with Gasteiger partial charge in [-0.05, 0) is 36.5 Å². The Bertz CT molecular complexity index is 541. The summed E-state index contributed by atoms with van der Waals surface area (Å²) in [5, 5.41) is 0. The van der Waals surface area contributed by atoms with Gasteiger partial charge in [0.2, 0.25) is 0 Å². The van der Waals surface area contributed by atoms with Crippen molar-refractivity contribution in [1.82, 2.24) is 0 Å². The van der Waals surface area contributed by atoms with Crippen molar-refractivity contribution in [1.29, 1.82) is 0 Å². The quantitative estimate of drug-likeness (QED) is 0.302. The first-order valence-electron chi connectivity index (χ1n) is 9.54. The van der Waals surface area contributed by atoms with Crippen molar-refractivity contribution in [2.24, 2.45) is 0 Å². The molecule has 5 heteroatoms. The molecule has 0 aliphatic heterocycles. The normalized spacial score (nSPS) is 12.6. The number of hydrogen-bond acceptors (Lipinski definition) is 3. The van der Waals surface area contributed by atoms with Crippen molar-refractivity contribution in [2.45, 2.75) is 95.3 Å². The number of benzene rings is 1. The van der Waals surface area contributed by atoms with Gasteiger partial charge in [0.1, 0.15) is 10.1 Å². The van der Waals surface area contributed by atoms with Crippen LogP contribution < -0.4 is 29.6 Å². The van der Waals surface area contributed by atoms with Crippen LogP contribution in [0, 0.1) is 0 Å². The number of unbranched alkanes of at least 4 members (excludes halogenated alkanes) is 8. The minimum atomic E-state index is -4.34. The van der Waals surface area contributed by atoms with E-state index in [1.807, 2.05) is 0 Å². The molecule has 0 N–H and O–H groups in total. The molecule has 0 bridgehead atoms. The van der Waals surface area contributed by atoms with Crippen LogP contribution in [0.1, 0.15) is 96.0 Å². The Labute approximate surface area is 177 Å². The predicted molar refractivity (Wildman–Crippen MR) is 99.3 cm³/mol. The van der Waals surface area contributed by atoms with Gasteiger partial charge < -0.3 is 4.55 Å². The van der Waals surface area contributed by atoms with Crippen molar-refractivity contribution in [3.63, 3.8) is 0 Å². The van der Waals surface area contributed by atoms with Gasteiger partial charge in [-0.25, -0.2) is 8.42 Å². The molecule has 1 rings (SSSR count). The fourth-order valence-electron chi connectivity index (χ4n) is 3.21. The average Bonchev–Trinajstić information content (AvgIpc) is 2.56. The van der Waals surface area contributed by atoms with E-state index in [0.29, 0.717) is 5.92 Å². The van der Waals surface area contributed by atoms with E-state index in [1.54, 1.807) is 12.1 Å². The van der Waals surface area contributed by atoms with Gasteiger partial charge in [0.25, 0.3) is 0 Å². The summed E-state index contributed by atoms with van der Waals surface area (Å²) in [6.45, 7) is 4.41. The molecule has 25 heavy (non-hydrogen) atoms. The molecule has 0 aliphatic carbocycles. The molecule has 1 unspecified atom stereocenters. The van der Waals surface area contributed by atoms with Gasteiger partial charge in [-0.2, -0.15) is 0 Å². The van der Waals surface area contributed by atoms with Crippen LogP contribution >= 0.6 is 0 Å². The molecule has 1 atom stereocenters. The van der Waals surface area contributed by atoms with Gasteiger partial charge in [0.15, 0.2) is 0 Å². The van der Waals surface area contributed by atoms with Gasteiger partial charge in [-0.3, -0.25) is 0 Å². The molecule has 0 saturated heterocycles. The molecule has 0 fully saturated rings. The van der Waals surface area contributed by atoms with Crippen LogP contribution in [0.3, 0.4) is 0 Å². The zero-order chi connectivity index (χ0) is 17.8. The third-order valence-corrected chi connectivity index (χ3v) is 5.64. The van der Waals surface area contributed by atoms with Crippen LogP contribution in [-0.2, 0) is 10.1 Å². The summed E-state index contributed by atoms with van der Waals surface area (Å²) in [6, 6.07) is 6.48. The van der Waals surface area contributed by atoms with Crippen molar-refractivity contribution < 1.29 is 42.5 Å². The maximum atomic E-state index is 11.0. The van der Waals surface area contributed by atoms with Crippen LogP contribution in [0.15, 0.2) is 29.2 Å². The minimum Gasteiger partial charge on any atom is -0.744 e.